The summed E-state index contributed by atoms with van der Waals surface area (Å²) in [5.74, 6) is 0.535. The molecule has 36 heavy (non-hydrogen) atoms. The molecule has 0 atom stereocenters. The van der Waals surface area contributed by atoms with Gasteiger partial charge in [0, 0.05) is 10.0 Å². The third-order valence-electron chi connectivity index (χ3n) is 5.23. The van der Waals surface area contributed by atoms with Gasteiger partial charge in [0.25, 0.3) is 11.1 Å². The van der Waals surface area contributed by atoms with Crippen LogP contribution >= 0.6 is 50.9 Å². The summed E-state index contributed by atoms with van der Waals surface area (Å²) in [6.45, 7) is 0.319. The molecular weight excluding hydrogens is 587 g/mol. The smallest absolute Gasteiger partial charge is 0.293 e. The molecule has 2 amide bonds. The number of thioether (sulfide) groups is 1. The van der Waals surface area contributed by atoms with Gasteiger partial charge in [-0.15, -0.1) is 0 Å². The van der Waals surface area contributed by atoms with E-state index in [1.165, 1.54) is 7.11 Å². The number of hydrogen-bond donors (Lipinski definition) is 0. The summed E-state index contributed by atoms with van der Waals surface area (Å²) in [6.07, 6.45) is 1.63. The summed E-state index contributed by atoms with van der Waals surface area (Å²) >= 11 is 16.5. The monoisotopic (exact) mass is 602 g/mol. The second-order valence-electron chi connectivity index (χ2n) is 7.64. The molecule has 0 saturated carbocycles. The highest BCUT2D eigenvalue weighted by Gasteiger charge is 2.35. The van der Waals surface area contributed by atoms with Crippen molar-refractivity contribution in [1.82, 2.24) is 4.90 Å². The highest BCUT2D eigenvalue weighted by molar-refractivity contribution is 9.10. The fraction of sp³-hybridized carbons (Fsp3) is 0.115. The third-order valence-corrected chi connectivity index (χ3v) is 7.32. The molecule has 0 unspecified atom stereocenters. The summed E-state index contributed by atoms with van der Waals surface area (Å²) in [5, 5.41) is 9.41. The molecule has 0 spiro atoms. The molecule has 10 heteroatoms. The van der Waals surface area contributed by atoms with Gasteiger partial charge in [0.05, 0.1) is 34.7 Å². The van der Waals surface area contributed by atoms with Crippen molar-refractivity contribution >= 4 is 68.1 Å². The summed E-state index contributed by atoms with van der Waals surface area (Å²) in [7, 11) is 1.52. The van der Waals surface area contributed by atoms with Crippen molar-refractivity contribution < 1.29 is 19.1 Å². The third kappa shape index (κ3) is 5.88. The van der Waals surface area contributed by atoms with Crippen LogP contribution in [0, 0.1) is 11.3 Å². The molecular formula is C26H17BrCl2N2O4S. The number of imide groups is 1. The Balaban J connectivity index is 1.52. The maximum absolute atomic E-state index is 13.0. The molecule has 0 bridgehead atoms. The summed E-state index contributed by atoms with van der Waals surface area (Å²) in [4.78, 5) is 27.0. The lowest BCUT2D eigenvalue weighted by atomic mass is 10.1. The molecule has 0 radical (unpaired) electrons. The molecule has 4 rings (SSSR count). The molecule has 3 aromatic rings. The molecule has 1 heterocycles. The number of nitriles is 1. The summed E-state index contributed by atoms with van der Waals surface area (Å²) in [5.41, 5.74) is 2.74. The Hall–Kier alpha value is -2.96. The summed E-state index contributed by atoms with van der Waals surface area (Å²) < 4.78 is 12.1. The fourth-order valence-electron chi connectivity index (χ4n) is 3.40. The topological polar surface area (TPSA) is 79.6 Å². The van der Waals surface area contributed by atoms with Gasteiger partial charge in [0.1, 0.15) is 6.61 Å². The van der Waals surface area contributed by atoms with Crippen LogP contribution in [0.4, 0.5) is 4.79 Å². The van der Waals surface area contributed by atoms with Crippen molar-refractivity contribution in [2.75, 3.05) is 7.11 Å². The average molecular weight is 604 g/mol. The van der Waals surface area contributed by atoms with Gasteiger partial charge in [-0.3, -0.25) is 14.5 Å². The van der Waals surface area contributed by atoms with Crippen LogP contribution in [0.2, 0.25) is 10.0 Å². The van der Waals surface area contributed by atoms with Gasteiger partial charge in [0.15, 0.2) is 11.5 Å². The lowest BCUT2D eigenvalue weighted by molar-refractivity contribution is -0.123. The van der Waals surface area contributed by atoms with E-state index in [-0.39, 0.29) is 23.3 Å². The number of benzene rings is 3. The molecule has 6 nitrogen and oxygen atoms in total. The van der Waals surface area contributed by atoms with E-state index in [9.17, 15) is 9.59 Å². The number of amides is 2. The highest BCUT2D eigenvalue weighted by atomic mass is 79.9. The molecule has 0 aliphatic carbocycles. The molecule has 1 fully saturated rings. The van der Waals surface area contributed by atoms with Gasteiger partial charge in [-0.2, -0.15) is 5.26 Å². The lowest BCUT2D eigenvalue weighted by Gasteiger charge is -2.14. The van der Waals surface area contributed by atoms with Gasteiger partial charge in [-0.1, -0.05) is 41.4 Å². The van der Waals surface area contributed by atoms with E-state index in [0.717, 1.165) is 22.2 Å². The molecule has 1 aliphatic heterocycles. The Labute approximate surface area is 230 Å². The molecule has 182 valence electrons. The lowest BCUT2D eigenvalue weighted by Crippen LogP contribution is -2.27. The molecule has 1 aliphatic rings. The van der Waals surface area contributed by atoms with Crippen molar-refractivity contribution in [2.45, 2.75) is 13.2 Å². The first-order chi connectivity index (χ1) is 17.3. The average Bonchev–Trinajstić information content (AvgIpc) is 3.12. The SMILES string of the molecule is COc1cc(/C=C2\SC(=O)N(Cc3ccc(Cl)cc3Cl)C2=O)cc(Br)c1OCc1ccc(C#N)cc1. The van der Waals surface area contributed by atoms with Crippen molar-refractivity contribution in [3.05, 3.63) is 96.3 Å². The van der Waals surface area contributed by atoms with Crippen molar-refractivity contribution in [1.29, 1.82) is 5.26 Å². The van der Waals surface area contributed by atoms with Crippen molar-refractivity contribution in [3.63, 3.8) is 0 Å². The maximum atomic E-state index is 13.0. The van der Waals surface area contributed by atoms with Gasteiger partial charge in [0.2, 0.25) is 0 Å². The van der Waals surface area contributed by atoms with Gasteiger partial charge in [-0.25, -0.2) is 0 Å². The second-order valence-corrected chi connectivity index (χ2v) is 10.3. The van der Waals surface area contributed by atoms with Crippen LogP contribution < -0.4 is 9.47 Å². The van der Waals surface area contributed by atoms with Gasteiger partial charge >= 0.3 is 0 Å². The number of carbonyl (C=O) groups is 2. The highest BCUT2D eigenvalue weighted by Crippen LogP contribution is 2.40. The Morgan fingerprint density at radius 2 is 1.86 bits per heavy atom. The first-order valence-electron chi connectivity index (χ1n) is 10.5. The Bertz CT molecular complexity index is 1420. The van der Waals surface area contributed by atoms with E-state index >= 15 is 0 Å². The van der Waals surface area contributed by atoms with Gasteiger partial charge < -0.3 is 9.47 Å². The largest absolute Gasteiger partial charge is 0.493 e. The quantitative estimate of drug-likeness (QED) is 0.261. The predicted octanol–water partition coefficient (Wildman–Crippen LogP) is 7.45. The van der Waals surface area contributed by atoms with Crippen molar-refractivity contribution in [3.8, 4) is 17.6 Å². The fourth-order valence-corrected chi connectivity index (χ4v) is 5.28. The first-order valence-corrected chi connectivity index (χ1v) is 12.8. The number of rotatable bonds is 7. The standard InChI is InChI=1S/C26H17BrCl2N2O4S/c1-34-22-9-17(8-20(27)24(22)35-14-16-4-2-15(12-30)3-5-16)10-23-25(32)31(26(33)36-23)13-18-6-7-19(28)11-21(18)29/h2-11H,13-14H2,1H3/b23-10-. The van der Waals surface area contributed by atoms with E-state index in [4.69, 9.17) is 37.9 Å². The Morgan fingerprint density at radius 3 is 2.53 bits per heavy atom. The Morgan fingerprint density at radius 1 is 1.11 bits per heavy atom. The van der Waals surface area contributed by atoms with E-state index in [1.807, 2.05) is 12.1 Å². The van der Waals surface area contributed by atoms with Crippen LogP contribution in [0.3, 0.4) is 0 Å². The minimum absolute atomic E-state index is 0.0488. The van der Waals surface area contributed by atoms with E-state index in [0.29, 0.717) is 42.7 Å². The maximum Gasteiger partial charge on any atom is 0.293 e. The number of methoxy groups -OCH3 is 1. The van der Waals surface area contributed by atoms with E-state index in [1.54, 1.807) is 48.5 Å². The van der Waals surface area contributed by atoms with Crippen LogP contribution in [0.5, 0.6) is 11.5 Å². The number of hydrogen-bond acceptors (Lipinski definition) is 6. The first kappa shape index (κ1) is 26.1. The number of nitrogens with zero attached hydrogens (tertiary/aromatic N) is 2. The zero-order valence-electron chi connectivity index (χ0n) is 18.8. The predicted molar refractivity (Wildman–Crippen MR) is 144 cm³/mol. The second kappa shape index (κ2) is 11.4. The zero-order valence-corrected chi connectivity index (χ0v) is 22.7. The van der Waals surface area contributed by atoms with E-state index < -0.39 is 5.91 Å². The summed E-state index contributed by atoms with van der Waals surface area (Å²) in [6, 6.07) is 17.6. The number of ether oxygens (including phenoxy) is 2. The van der Waals surface area contributed by atoms with Gasteiger partial charge in [-0.05, 0) is 86.9 Å². The molecule has 0 N–H and O–H groups in total. The molecule has 0 aromatic heterocycles. The van der Waals surface area contributed by atoms with Crippen LogP contribution in [-0.4, -0.2) is 23.2 Å². The van der Waals surface area contributed by atoms with Crippen LogP contribution in [0.15, 0.2) is 64.0 Å². The molecule has 1 saturated heterocycles. The van der Waals surface area contributed by atoms with Crippen molar-refractivity contribution in [2.24, 2.45) is 0 Å². The Kier molecular flexibility index (Phi) is 8.27. The number of carbonyl (C=O) groups excluding carboxylic acids is 2. The van der Waals surface area contributed by atoms with Crippen LogP contribution in [-0.2, 0) is 17.9 Å². The normalized spacial score (nSPS) is 14.3. The minimum atomic E-state index is -0.410. The zero-order chi connectivity index (χ0) is 25.8. The van der Waals surface area contributed by atoms with E-state index in [2.05, 4.69) is 22.0 Å². The van der Waals surface area contributed by atoms with Crippen LogP contribution in [0.1, 0.15) is 22.3 Å². The molecule has 3 aromatic carbocycles. The van der Waals surface area contributed by atoms with Crippen LogP contribution in [0.25, 0.3) is 6.08 Å². The number of halogens is 3. The minimum Gasteiger partial charge on any atom is -0.493 e.